The van der Waals surface area contributed by atoms with Crippen molar-refractivity contribution in [1.82, 2.24) is 0 Å². The van der Waals surface area contributed by atoms with E-state index >= 15 is 0 Å². The Labute approximate surface area is 120 Å². The summed E-state index contributed by atoms with van der Waals surface area (Å²) in [7, 11) is -3.70. The van der Waals surface area contributed by atoms with Gasteiger partial charge in [0, 0.05) is 6.04 Å². The Morgan fingerprint density at radius 3 is 2.70 bits per heavy atom. The normalized spacial score (nSPS) is 23.5. The maximum atomic E-state index is 11.3. The molecule has 20 heavy (non-hydrogen) atoms. The highest BCUT2D eigenvalue weighted by Crippen LogP contribution is 2.30. The minimum atomic E-state index is -3.70. The van der Waals surface area contributed by atoms with Crippen LogP contribution in [0.25, 0.3) is 0 Å². The molecule has 2 rings (SSSR count). The fourth-order valence-corrected chi connectivity index (χ4v) is 3.41. The van der Waals surface area contributed by atoms with Crippen molar-refractivity contribution in [3.63, 3.8) is 0 Å². The van der Waals surface area contributed by atoms with Crippen LogP contribution in [0.3, 0.4) is 0 Å². The number of anilines is 2. The second-order valence-corrected chi connectivity index (χ2v) is 7.14. The zero-order valence-electron chi connectivity index (χ0n) is 11.8. The minimum Gasteiger partial charge on any atom is -0.397 e. The third-order valence-electron chi connectivity index (χ3n) is 4.07. The van der Waals surface area contributed by atoms with Crippen molar-refractivity contribution in [2.45, 2.75) is 50.0 Å². The molecule has 1 fully saturated rings. The van der Waals surface area contributed by atoms with Crippen LogP contribution in [0.4, 0.5) is 11.4 Å². The second kappa shape index (κ2) is 6.01. The van der Waals surface area contributed by atoms with E-state index in [1.165, 1.54) is 31.4 Å². The average Bonchev–Trinajstić information content (AvgIpc) is 2.40. The fraction of sp³-hybridized carbons (Fsp3) is 0.571. The lowest BCUT2D eigenvalue weighted by Gasteiger charge is -2.30. The first kappa shape index (κ1) is 15.1. The highest BCUT2D eigenvalue weighted by atomic mass is 32.2. The summed E-state index contributed by atoms with van der Waals surface area (Å²) < 4.78 is 22.5. The molecule has 2 atom stereocenters. The molecule has 1 aliphatic carbocycles. The van der Waals surface area contributed by atoms with Crippen molar-refractivity contribution < 1.29 is 8.42 Å². The summed E-state index contributed by atoms with van der Waals surface area (Å²) >= 11 is 0. The molecule has 1 saturated carbocycles. The van der Waals surface area contributed by atoms with Gasteiger partial charge in [-0.25, -0.2) is 13.6 Å². The highest BCUT2D eigenvalue weighted by Gasteiger charge is 2.21. The molecule has 0 radical (unpaired) electrons. The number of rotatable bonds is 4. The smallest absolute Gasteiger partial charge is 0.238 e. The number of benzene rings is 1. The van der Waals surface area contributed by atoms with Crippen LogP contribution in [0.1, 0.15) is 39.0 Å². The van der Waals surface area contributed by atoms with Gasteiger partial charge in [-0.3, -0.25) is 0 Å². The molecule has 1 aliphatic rings. The zero-order chi connectivity index (χ0) is 14.8. The number of nitrogens with one attached hydrogen (secondary N) is 1. The average molecular weight is 297 g/mol. The van der Waals surface area contributed by atoms with Gasteiger partial charge >= 0.3 is 0 Å². The van der Waals surface area contributed by atoms with Crippen LogP contribution < -0.4 is 16.2 Å². The second-order valence-electron chi connectivity index (χ2n) is 5.58. The van der Waals surface area contributed by atoms with E-state index in [9.17, 15) is 8.42 Å². The molecule has 5 N–H and O–H groups in total. The molecule has 2 unspecified atom stereocenters. The molecule has 0 aromatic heterocycles. The molecule has 0 spiro atoms. The van der Waals surface area contributed by atoms with Crippen LogP contribution in [-0.4, -0.2) is 14.5 Å². The Bertz CT molecular complexity index is 572. The number of nitrogens with two attached hydrogens (primary N) is 2. The van der Waals surface area contributed by atoms with E-state index in [-0.39, 0.29) is 4.90 Å². The van der Waals surface area contributed by atoms with E-state index in [2.05, 4.69) is 12.2 Å². The monoisotopic (exact) mass is 297 g/mol. The fourth-order valence-electron chi connectivity index (χ4n) is 2.86. The molecule has 6 heteroatoms. The Balaban J connectivity index is 2.10. The van der Waals surface area contributed by atoms with Gasteiger partial charge in [-0.15, -0.1) is 0 Å². The summed E-state index contributed by atoms with van der Waals surface area (Å²) in [5.41, 5.74) is 7.14. The summed E-state index contributed by atoms with van der Waals surface area (Å²) in [6.45, 7) is 2.22. The van der Waals surface area contributed by atoms with Gasteiger partial charge in [0.15, 0.2) is 0 Å². The van der Waals surface area contributed by atoms with E-state index in [4.69, 9.17) is 10.9 Å². The predicted octanol–water partition coefficient (Wildman–Crippen LogP) is 2.30. The molecule has 5 nitrogen and oxygen atoms in total. The lowest BCUT2D eigenvalue weighted by molar-refractivity contribution is 0.327. The van der Waals surface area contributed by atoms with Crippen LogP contribution >= 0.6 is 0 Å². The lowest BCUT2D eigenvalue weighted by Crippen LogP contribution is -2.27. The number of sulfonamides is 1. The molecule has 112 valence electrons. The number of nitrogen functional groups attached to an aromatic ring is 1. The third kappa shape index (κ3) is 3.64. The molecular weight excluding hydrogens is 274 g/mol. The first-order valence-electron chi connectivity index (χ1n) is 7.09. The van der Waals surface area contributed by atoms with Crippen molar-refractivity contribution in [3.8, 4) is 0 Å². The van der Waals surface area contributed by atoms with Gasteiger partial charge in [0.1, 0.15) is 0 Å². The predicted molar refractivity (Wildman–Crippen MR) is 81.9 cm³/mol. The van der Waals surface area contributed by atoms with Crippen LogP contribution in [0.5, 0.6) is 0 Å². The largest absolute Gasteiger partial charge is 0.397 e. The van der Waals surface area contributed by atoms with Gasteiger partial charge in [-0.1, -0.05) is 26.2 Å². The van der Waals surface area contributed by atoms with E-state index in [0.29, 0.717) is 11.7 Å². The molecule has 1 aromatic carbocycles. The quantitative estimate of drug-likeness (QED) is 0.743. The number of hydrogen-bond donors (Lipinski definition) is 3. The number of primary sulfonamides is 1. The zero-order valence-corrected chi connectivity index (χ0v) is 12.6. The summed E-state index contributed by atoms with van der Waals surface area (Å²) in [6.07, 6.45) is 6.01. The van der Waals surface area contributed by atoms with Gasteiger partial charge in [0.05, 0.1) is 16.3 Å². The maximum absolute atomic E-state index is 11.3. The molecule has 0 bridgehead atoms. The first-order valence-corrected chi connectivity index (χ1v) is 8.63. The Hall–Kier alpha value is -1.27. The van der Waals surface area contributed by atoms with Gasteiger partial charge < -0.3 is 11.1 Å². The topological polar surface area (TPSA) is 98.2 Å². The summed E-state index contributed by atoms with van der Waals surface area (Å²) in [4.78, 5) is 0.0515. The van der Waals surface area contributed by atoms with Gasteiger partial charge in [-0.2, -0.15) is 0 Å². The van der Waals surface area contributed by atoms with Crippen LogP contribution in [0.2, 0.25) is 0 Å². The Kier molecular flexibility index (Phi) is 4.55. The Morgan fingerprint density at radius 1 is 1.35 bits per heavy atom. The van der Waals surface area contributed by atoms with E-state index < -0.39 is 10.0 Å². The molecule has 0 saturated heterocycles. The minimum absolute atomic E-state index is 0.0515. The van der Waals surface area contributed by atoms with Crippen molar-refractivity contribution in [2.24, 2.45) is 11.1 Å². The van der Waals surface area contributed by atoms with E-state index in [1.54, 1.807) is 6.07 Å². The van der Waals surface area contributed by atoms with Crippen molar-refractivity contribution in [3.05, 3.63) is 18.2 Å². The lowest BCUT2D eigenvalue weighted by atomic mass is 9.84. The van der Waals surface area contributed by atoms with Gasteiger partial charge in [-0.05, 0) is 37.0 Å². The highest BCUT2D eigenvalue weighted by molar-refractivity contribution is 7.89. The maximum Gasteiger partial charge on any atom is 0.238 e. The SMILES string of the molecule is CCC1CCCC(Nc2ccc(S(N)(=O)=O)cc2N)C1. The van der Waals surface area contributed by atoms with Gasteiger partial charge in [0.25, 0.3) is 0 Å². The molecule has 0 aliphatic heterocycles. The molecule has 0 amide bonds. The standard InChI is InChI=1S/C14H23N3O2S/c1-2-10-4-3-5-11(8-10)17-14-7-6-12(9-13(14)15)20(16,18)19/h6-7,9-11,17H,2-5,8,15H2,1H3,(H2,16,18,19). The van der Waals surface area contributed by atoms with E-state index in [1.807, 2.05) is 0 Å². The van der Waals surface area contributed by atoms with Crippen molar-refractivity contribution >= 4 is 21.4 Å². The van der Waals surface area contributed by atoms with Crippen LogP contribution in [-0.2, 0) is 10.0 Å². The van der Waals surface area contributed by atoms with Crippen LogP contribution in [0, 0.1) is 5.92 Å². The summed E-state index contributed by atoms with van der Waals surface area (Å²) in [5.74, 6) is 0.770. The van der Waals surface area contributed by atoms with Crippen molar-refractivity contribution in [1.29, 1.82) is 0 Å². The van der Waals surface area contributed by atoms with Gasteiger partial charge in [0.2, 0.25) is 10.0 Å². The molecular formula is C14H23N3O2S. The molecule has 1 aromatic rings. The number of hydrogen-bond acceptors (Lipinski definition) is 4. The Morgan fingerprint density at radius 2 is 2.10 bits per heavy atom. The molecule has 0 heterocycles. The third-order valence-corrected chi connectivity index (χ3v) is 4.98. The summed E-state index contributed by atoms with van der Waals surface area (Å²) in [5, 5.41) is 8.52. The van der Waals surface area contributed by atoms with Crippen molar-refractivity contribution in [2.75, 3.05) is 11.1 Å². The van der Waals surface area contributed by atoms with Crippen LogP contribution in [0.15, 0.2) is 23.1 Å². The van der Waals surface area contributed by atoms with E-state index in [0.717, 1.165) is 24.4 Å². The first-order chi connectivity index (χ1) is 9.40. The summed E-state index contributed by atoms with van der Waals surface area (Å²) in [6, 6.07) is 5.02.